The number of nitrogens with zero attached hydrogens (tertiary/aromatic N) is 1. The van der Waals surface area contributed by atoms with Crippen LogP contribution in [0, 0.1) is 0 Å². The molecule has 0 saturated carbocycles. The van der Waals surface area contributed by atoms with E-state index in [0.717, 1.165) is 23.8 Å². The van der Waals surface area contributed by atoms with E-state index < -0.39 is 0 Å². The summed E-state index contributed by atoms with van der Waals surface area (Å²) in [7, 11) is 9.23. The number of hydrogen-bond donors (Lipinski definition) is 0. The van der Waals surface area contributed by atoms with Gasteiger partial charge in [0.2, 0.25) is 6.71 Å². The number of methoxy groups -OCH3 is 3. The Balaban J connectivity index is 2.15. The lowest BCUT2D eigenvalue weighted by Crippen LogP contribution is -2.43. The fourth-order valence-electron chi connectivity index (χ4n) is 3.61. The maximum atomic E-state index is 5.38. The van der Waals surface area contributed by atoms with Crippen LogP contribution in [0.3, 0.4) is 0 Å². The van der Waals surface area contributed by atoms with Gasteiger partial charge in [0.25, 0.3) is 0 Å². The number of ether oxygens (including phenoxy) is 3. The molecule has 0 amide bonds. The Morgan fingerprint density at radius 1 is 0.677 bits per heavy atom. The van der Waals surface area contributed by atoms with Crippen molar-refractivity contribution in [1.29, 1.82) is 0 Å². The molecule has 0 bridgehead atoms. The number of rotatable bonds is 9. The molecule has 0 aromatic heterocycles. The van der Waals surface area contributed by atoms with Gasteiger partial charge in [-0.15, -0.1) is 0 Å². The van der Waals surface area contributed by atoms with Gasteiger partial charge in [-0.2, -0.15) is 0 Å². The smallest absolute Gasteiger partial charge is 0.241 e. The number of benzene rings is 3. The van der Waals surface area contributed by atoms with Crippen molar-refractivity contribution >= 4 is 23.1 Å². The predicted octanol–water partition coefficient (Wildman–Crippen LogP) is 3.51. The van der Waals surface area contributed by atoms with Gasteiger partial charge < -0.3 is 19.1 Å². The first-order chi connectivity index (χ1) is 15.0. The quantitative estimate of drug-likeness (QED) is 0.501. The molecule has 0 aliphatic heterocycles. The van der Waals surface area contributed by atoms with Crippen LogP contribution in [0.2, 0.25) is 0 Å². The van der Waals surface area contributed by atoms with E-state index in [1.807, 2.05) is 36.4 Å². The second-order valence-electron chi connectivity index (χ2n) is 7.63. The number of hydrogen-bond acceptors (Lipinski definition) is 4. The van der Waals surface area contributed by atoms with Gasteiger partial charge in [0.15, 0.2) is 0 Å². The topological polar surface area (TPSA) is 30.9 Å². The Kier molecular flexibility index (Phi) is 7.79. The van der Waals surface area contributed by atoms with E-state index in [4.69, 9.17) is 14.2 Å². The molecule has 5 heteroatoms. The largest absolute Gasteiger partial charge is 0.497 e. The van der Waals surface area contributed by atoms with Gasteiger partial charge in [-0.3, -0.25) is 0 Å². The molecule has 3 aromatic carbocycles. The monoisotopic (exact) mass is 415 g/mol. The summed E-state index contributed by atoms with van der Waals surface area (Å²) in [4.78, 5) is 2.17. The summed E-state index contributed by atoms with van der Waals surface area (Å²) in [5.41, 5.74) is 4.81. The molecule has 0 aliphatic carbocycles. The van der Waals surface area contributed by atoms with Gasteiger partial charge in [-0.25, -0.2) is 0 Å². The van der Waals surface area contributed by atoms with Crippen molar-refractivity contribution in [2.75, 3.05) is 42.0 Å². The molecule has 0 heterocycles. The first-order valence-electron chi connectivity index (χ1n) is 10.3. The molecule has 0 aliphatic rings. The van der Waals surface area contributed by atoms with Crippen molar-refractivity contribution in [1.82, 2.24) is 4.90 Å². The first kappa shape index (κ1) is 22.5. The molecule has 160 valence electrons. The fraction of sp³-hybridized carbons (Fsp3) is 0.231. The van der Waals surface area contributed by atoms with Crippen LogP contribution in [0.25, 0.3) is 5.47 Å². The lowest BCUT2D eigenvalue weighted by atomic mass is 9.35. The van der Waals surface area contributed by atoms with Crippen LogP contribution in [-0.4, -0.2) is 53.6 Å². The molecule has 31 heavy (non-hydrogen) atoms. The molecule has 3 aromatic rings. The van der Waals surface area contributed by atoms with Crippen LogP contribution in [0.15, 0.2) is 78.9 Å². The maximum absolute atomic E-state index is 5.38. The van der Waals surface area contributed by atoms with Crippen molar-refractivity contribution < 1.29 is 14.2 Å². The van der Waals surface area contributed by atoms with Crippen molar-refractivity contribution in [3.8, 4) is 17.2 Å². The summed E-state index contributed by atoms with van der Waals surface area (Å²) in [5.74, 6) is 2.54. The lowest BCUT2D eigenvalue weighted by molar-refractivity contribution is 0.414. The minimum absolute atomic E-state index is 0.0603. The molecule has 0 N–H and O–H groups in total. The van der Waals surface area contributed by atoms with Crippen molar-refractivity contribution in [2.45, 2.75) is 0 Å². The molecule has 0 atom stereocenters. The van der Waals surface area contributed by atoms with E-state index in [2.05, 4.69) is 61.5 Å². The molecular formula is C26H30BNO3. The van der Waals surface area contributed by atoms with E-state index in [1.165, 1.54) is 22.0 Å². The van der Waals surface area contributed by atoms with Gasteiger partial charge in [0, 0.05) is 6.54 Å². The third kappa shape index (κ3) is 5.71. The molecule has 0 unspecified atom stereocenters. The lowest BCUT2D eigenvalue weighted by Gasteiger charge is -2.21. The van der Waals surface area contributed by atoms with Crippen LogP contribution < -0.4 is 25.1 Å². The van der Waals surface area contributed by atoms with Gasteiger partial charge in [0.1, 0.15) is 17.2 Å². The van der Waals surface area contributed by atoms with E-state index in [-0.39, 0.29) is 6.71 Å². The summed E-state index contributed by atoms with van der Waals surface area (Å²) in [6.45, 7) is 0.898. The van der Waals surface area contributed by atoms with Crippen LogP contribution >= 0.6 is 0 Å². The van der Waals surface area contributed by atoms with Crippen molar-refractivity contribution in [2.24, 2.45) is 0 Å². The summed E-state index contributed by atoms with van der Waals surface area (Å²) in [6.07, 6.45) is 2.31. The Labute approximate surface area is 186 Å². The summed E-state index contributed by atoms with van der Waals surface area (Å²) >= 11 is 0. The minimum atomic E-state index is 0.0603. The Bertz CT molecular complexity index is 933. The van der Waals surface area contributed by atoms with Crippen LogP contribution in [0.1, 0.15) is 5.56 Å². The molecule has 0 saturated heterocycles. The zero-order valence-electron chi connectivity index (χ0n) is 19.0. The number of likely N-dealkylation sites (N-methyl/N-ethyl adjacent to an activating group) is 1. The van der Waals surface area contributed by atoms with E-state index in [9.17, 15) is 0 Å². The molecule has 3 rings (SSSR count). The van der Waals surface area contributed by atoms with E-state index in [1.54, 1.807) is 21.3 Å². The Hall–Kier alpha value is -3.18. The molecule has 4 nitrogen and oxygen atoms in total. The van der Waals surface area contributed by atoms with Gasteiger partial charge in [0.05, 0.1) is 21.3 Å². The SMILES string of the molecule is COc1ccc(B(/C(=C/CN(C)C)c2ccc(OC)cc2)c2ccc(OC)cc2)cc1. The molecule has 0 fully saturated rings. The van der Waals surface area contributed by atoms with Crippen LogP contribution in [0.5, 0.6) is 17.2 Å². The van der Waals surface area contributed by atoms with E-state index >= 15 is 0 Å². The van der Waals surface area contributed by atoms with Crippen LogP contribution in [0.4, 0.5) is 0 Å². The Morgan fingerprint density at radius 2 is 1.06 bits per heavy atom. The highest BCUT2D eigenvalue weighted by atomic mass is 16.5. The zero-order chi connectivity index (χ0) is 22.2. The minimum Gasteiger partial charge on any atom is -0.497 e. The normalized spacial score (nSPS) is 11.4. The zero-order valence-corrected chi connectivity index (χ0v) is 19.0. The average molecular weight is 415 g/mol. The second kappa shape index (κ2) is 10.7. The summed E-state index contributed by atoms with van der Waals surface area (Å²) in [6, 6.07) is 24.9. The van der Waals surface area contributed by atoms with Gasteiger partial charge >= 0.3 is 0 Å². The second-order valence-corrected chi connectivity index (χ2v) is 7.63. The van der Waals surface area contributed by atoms with E-state index in [0.29, 0.717) is 0 Å². The summed E-state index contributed by atoms with van der Waals surface area (Å²) in [5, 5.41) is 0. The maximum Gasteiger partial charge on any atom is 0.241 e. The first-order valence-corrected chi connectivity index (χ1v) is 10.3. The van der Waals surface area contributed by atoms with Gasteiger partial charge in [-0.1, -0.05) is 58.9 Å². The van der Waals surface area contributed by atoms with Crippen molar-refractivity contribution in [3.63, 3.8) is 0 Å². The molecule has 0 spiro atoms. The third-order valence-corrected chi connectivity index (χ3v) is 5.31. The standard InChI is InChI=1S/C26H30BNO3/c1-28(2)19-18-26(20-6-12-23(29-3)13-7-20)27(21-8-14-24(30-4)15-9-21)22-10-16-25(31-5)17-11-22/h6-18H,19H2,1-5H3/b26-18+. The molecule has 0 radical (unpaired) electrons. The van der Waals surface area contributed by atoms with Crippen LogP contribution in [-0.2, 0) is 0 Å². The Morgan fingerprint density at radius 3 is 1.42 bits per heavy atom. The van der Waals surface area contributed by atoms with Crippen molar-refractivity contribution in [3.05, 3.63) is 84.4 Å². The fourth-order valence-corrected chi connectivity index (χ4v) is 3.61. The molecular weight excluding hydrogens is 385 g/mol. The highest BCUT2D eigenvalue weighted by molar-refractivity contribution is 6.99. The third-order valence-electron chi connectivity index (χ3n) is 5.31. The predicted molar refractivity (Wildman–Crippen MR) is 131 cm³/mol. The van der Waals surface area contributed by atoms with Gasteiger partial charge in [-0.05, 0) is 56.1 Å². The summed E-state index contributed by atoms with van der Waals surface area (Å²) < 4.78 is 16.1. The highest BCUT2D eigenvalue weighted by Gasteiger charge is 2.25. The highest BCUT2D eigenvalue weighted by Crippen LogP contribution is 2.23. The average Bonchev–Trinajstić information content (AvgIpc) is 2.82.